The van der Waals surface area contributed by atoms with Crippen molar-refractivity contribution in [3.63, 3.8) is 0 Å². The van der Waals surface area contributed by atoms with Crippen LogP contribution in [0.3, 0.4) is 0 Å². The number of hydrogen-bond donors (Lipinski definition) is 0. The number of esters is 1. The first-order valence-electron chi connectivity index (χ1n) is 7.95. The number of piperidine rings is 1. The molecule has 3 aliphatic heterocycles. The van der Waals surface area contributed by atoms with Crippen LogP contribution < -0.4 is 0 Å². The minimum absolute atomic E-state index is 0.0960. The highest BCUT2D eigenvalue weighted by molar-refractivity contribution is 8.00. The van der Waals surface area contributed by atoms with Gasteiger partial charge in [0.2, 0.25) is 0 Å². The molecule has 3 nitrogen and oxygen atoms in total. The van der Waals surface area contributed by atoms with E-state index in [1.165, 1.54) is 31.4 Å². The highest BCUT2D eigenvalue weighted by atomic mass is 32.2. The van der Waals surface area contributed by atoms with E-state index in [-0.39, 0.29) is 11.6 Å². The van der Waals surface area contributed by atoms with Gasteiger partial charge in [0.05, 0.1) is 6.04 Å². The Morgan fingerprint density at radius 2 is 2.30 bits per heavy atom. The van der Waals surface area contributed by atoms with E-state index in [1.807, 2.05) is 6.08 Å². The van der Waals surface area contributed by atoms with Gasteiger partial charge >= 0.3 is 5.97 Å². The number of hydrogen-bond acceptors (Lipinski definition) is 4. The van der Waals surface area contributed by atoms with Crippen LogP contribution in [-0.4, -0.2) is 45.6 Å². The summed E-state index contributed by atoms with van der Waals surface area (Å²) in [7, 11) is 0. The summed E-state index contributed by atoms with van der Waals surface area (Å²) in [5.74, 6) is -0.0960. The maximum Gasteiger partial charge on any atom is 0.331 e. The molecule has 0 aromatic carbocycles. The Morgan fingerprint density at radius 3 is 3.10 bits per heavy atom. The highest BCUT2D eigenvalue weighted by Crippen LogP contribution is 2.56. The number of carbonyl (C=O) groups excluding carboxylic acids is 1. The van der Waals surface area contributed by atoms with Crippen molar-refractivity contribution in [2.45, 2.75) is 74.1 Å². The minimum atomic E-state index is -0.240. The smallest absolute Gasteiger partial charge is 0.331 e. The molecular weight excluding hydrogens is 270 g/mol. The maximum atomic E-state index is 11.9. The number of carbonyl (C=O) groups is 1. The Balaban J connectivity index is 1.72. The fourth-order valence-electron chi connectivity index (χ4n) is 4.83. The quantitative estimate of drug-likeness (QED) is 0.732. The van der Waals surface area contributed by atoms with Crippen LogP contribution in [0.2, 0.25) is 0 Å². The lowest BCUT2D eigenvalue weighted by atomic mass is 9.77. The summed E-state index contributed by atoms with van der Waals surface area (Å²) in [6.07, 6.45) is 7.67. The molecule has 4 unspecified atom stereocenters. The van der Waals surface area contributed by atoms with Gasteiger partial charge in [-0.3, -0.25) is 4.90 Å². The zero-order valence-electron chi connectivity index (χ0n) is 12.3. The van der Waals surface area contributed by atoms with Gasteiger partial charge in [0, 0.05) is 23.8 Å². The molecule has 4 rings (SSSR count). The lowest BCUT2D eigenvalue weighted by molar-refractivity contribution is -0.148. The maximum absolute atomic E-state index is 11.9. The first-order valence-corrected chi connectivity index (χ1v) is 8.90. The summed E-state index contributed by atoms with van der Waals surface area (Å²) < 4.78 is 5.88. The summed E-state index contributed by atoms with van der Waals surface area (Å²) in [6, 6.07) is 1.06. The lowest BCUT2D eigenvalue weighted by Gasteiger charge is -2.38. The Labute approximate surface area is 125 Å². The highest BCUT2D eigenvalue weighted by Gasteiger charge is 2.63. The molecule has 1 aliphatic carbocycles. The zero-order chi connectivity index (χ0) is 13.9. The van der Waals surface area contributed by atoms with Gasteiger partial charge in [-0.15, -0.1) is 0 Å². The molecule has 0 radical (unpaired) electrons. The average Bonchev–Trinajstić information content (AvgIpc) is 2.87. The molecule has 0 aromatic heterocycles. The van der Waals surface area contributed by atoms with Crippen molar-refractivity contribution < 1.29 is 9.53 Å². The second kappa shape index (κ2) is 4.51. The summed E-state index contributed by atoms with van der Waals surface area (Å²) in [5.41, 5.74) is 1.06. The van der Waals surface area contributed by atoms with E-state index in [0.717, 1.165) is 12.8 Å². The summed E-state index contributed by atoms with van der Waals surface area (Å²) >= 11 is 2.09. The number of fused-ring (bicyclic) bond motifs is 3. The molecular formula is C16H23NO2S. The normalized spacial score (nSPS) is 43.2. The largest absolute Gasteiger partial charge is 0.450 e. The molecule has 4 atom stereocenters. The van der Waals surface area contributed by atoms with Gasteiger partial charge in [-0.2, -0.15) is 11.8 Å². The van der Waals surface area contributed by atoms with Crippen molar-refractivity contribution in [2.24, 2.45) is 0 Å². The van der Waals surface area contributed by atoms with Gasteiger partial charge in [0.1, 0.15) is 0 Å². The van der Waals surface area contributed by atoms with Crippen molar-refractivity contribution >= 4 is 17.7 Å². The topological polar surface area (TPSA) is 29.5 Å². The fourth-order valence-corrected chi connectivity index (χ4v) is 6.24. The molecule has 3 fully saturated rings. The number of rotatable bonds is 2. The summed E-state index contributed by atoms with van der Waals surface area (Å²) in [6.45, 7) is 5.75. The number of nitrogens with zero attached hydrogens (tertiary/aromatic N) is 1. The van der Waals surface area contributed by atoms with Crippen molar-refractivity contribution in [2.75, 3.05) is 6.54 Å². The molecule has 0 aromatic rings. The molecule has 0 N–H and O–H groups in total. The predicted octanol–water partition coefficient (Wildman–Crippen LogP) is 2.75. The minimum Gasteiger partial charge on any atom is -0.450 e. The van der Waals surface area contributed by atoms with E-state index in [9.17, 15) is 4.79 Å². The van der Waals surface area contributed by atoms with Gasteiger partial charge in [0.15, 0.2) is 5.60 Å². The van der Waals surface area contributed by atoms with E-state index >= 15 is 0 Å². The van der Waals surface area contributed by atoms with Gasteiger partial charge in [-0.1, -0.05) is 20.3 Å². The molecule has 2 bridgehead atoms. The summed E-state index contributed by atoms with van der Waals surface area (Å²) in [4.78, 5) is 14.6. The molecule has 4 heteroatoms. The van der Waals surface area contributed by atoms with Crippen LogP contribution >= 0.6 is 11.8 Å². The van der Waals surface area contributed by atoms with E-state index in [4.69, 9.17) is 4.74 Å². The van der Waals surface area contributed by atoms with Crippen LogP contribution in [0.1, 0.15) is 46.0 Å². The molecule has 2 saturated heterocycles. The Hall–Kier alpha value is -0.480. The van der Waals surface area contributed by atoms with Gasteiger partial charge < -0.3 is 4.74 Å². The monoisotopic (exact) mass is 293 g/mol. The second-order valence-corrected chi connectivity index (χ2v) is 8.75. The van der Waals surface area contributed by atoms with Crippen LogP contribution in [-0.2, 0) is 9.53 Å². The Bertz CT molecular complexity index is 475. The second-order valence-electron chi connectivity index (χ2n) is 6.93. The van der Waals surface area contributed by atoms with Crippen molar-refractivity contribution in [1.82, 2.24) is 4.90 Å². The van der Waals surface area contributed by atoms with Crippen LogP contribution in [0.25, 0.3) is 0 Å². The molecule has 20 heavy (non-hydrogen) atoms. The number of thioether (sulfide) groups is 1. The van der Waals surface area contributed by atoms with Crippen molar-refractivity contribution in [1.29, 1.82) is 0 Å². The van der Waals surface area contributed by atoms with Crippen LogP contribution in [0.5, 0.6) is 0 Å². The van der Waals surface area contributed by atoms with E-state index in [2.05, 4.69) is 30.5 Å². The SMILES string of the molecule is CC(C)SC1CC2=CC(=O)OC23CC1N1CCCCC13. The predicted molar refractivity (Wildman–Crippen MR) is 80.8 cm³/mol. The van der Waals surface area contributed by atoms with Crippen molar-refractivity contribution in [3.8, 4) is 0 Å². The molecule has 4 aliphatic rings. The summed E-state index contributed by atoms with van der Waals surface area (Å²) in [5, 5.41) is 1.28. The molecule has 1 spiro atoms. The third-order valence-corrected chi connectivity index (χ3v) is 6.81. The van der Waals surface area contributed by atoms with Crippen LogP contribution in [0.15, 0.2) is 11.6 Å². The molecule has 0 amide bonds. The van der Waals surface area contributed by atoms with E-state index < -0.39 is 0 Å². The lowest BCUT2D eigenvalue weighted by Crippen LogP contribution is -2.48. The van der Waals surface area contributed by atoms with Crippen LogP contribution in [0, 0.1) is 0 Å². The Kier molecular flexibility index (Phi) is 2.97. The van der Waals surface area contributed by atoms with E-state index in [1.54, 1.807) is 0 Å². The fraction of sp³-hybridized carbons (Fsp3) is 0.812. The van der Waals surface area contributed by atoms with Crippen molar-refractivity contribution in [3.05, 3.63) is 11.6 Å². The van der Waals surface area contributed by atoms with E-state index in [0.29, 0.717) is 22.6 Å². The molecule has 1 saturated carbocycles. The third-order valence-electron chi connectivity index (χ3n) is 5.44. The average molecular weight is 293 g/mol. The van der Waals surface area contributed by atoms with Gasteiger partial charge in [-0.25, -0.2) is 4.79 Å². The molecule has 110 valence electrons. The first kappa shape index (κ1) is 13.2. The number of ether oxygens (including phenoxy) is 1. The first-order chi connectivity index (χ1) is 9.60. The van der Waals surface area contributed by atoms with Crippen LogP contribution in [0.4, 0.5) is 0 Å². The third kappa shape index (κ3) is 1.73. The van der Waals surface area contributed by atoms with Gasteiger partial charge in [0.25, 0.3) is 0 Å². The standard InChI is InChI=1S/C16H23NO2S/c1-10(2)20-13-7-11-8-15(18)19-16(11)9-12(13)17-6-4-3-5-14(16)17/h8,10,12-14H,3-7,9H2,1-2H3. The Morgan fingerprint density at radius 1 is 1.45 bits per heavy atom. The zero-order valence-corrected chi connectivity index (χ0v) is 13.1. The van der Waals surface area contributed by atoms with Gasteiger partial charge in [-0.05, 0) is 36.6 Å². The molecule has 3 heterocycles.